The molecule has 1 atom stereocenters. The largest absolute Gasteiger partial charge is 0.507 e. The minimum Gasteiger partial charge on any atom is -0.507 e. The van der Waals surface area contributed by atoms with Crippen molar-refractivity contribution >= 4 is 27.8 Å². The Bertz CT molecular complexity index is 1300. The Hall–Kier alpha value is -3.40. The molecular formula is C22H21F3N6O. The first-order valence-corrected chi connectivity index (χ1v) is 10.2. The smallest absolute Gasteiger partial charge is 0.401 e. The lowest BCUT2D eigenvalue weighted by Gasteiger charge is -2.19. The van der Waals surface area contributed by atoms with Gasteiger partial charge in [-0.2, -0.15) is 18.3 Å². The van der Waals surface area contributed by atoms with Gasteiger partial charge < -0.3 is 15.3 Å². The summed E-state index contributed by atoms with van der Waals surface area (Å²) in [7, 11) is 1.82. The van der Waals surface area contributed by atoms with Crippen LogP contribution < -0.4 is 10.2 Å². The van der Waals surface area contributed by atoms with Crippen LogP contribution >= 0.6 is 0 Å². The lowest BCUT2D eigenvalue weighted by molar-refractivity contribution is -0.125. The lowest BCUT2D eigenvalue weighted by Crippen LogP contribution is -2.38. The predicted octanol–water partition coefficient (Wildman–Crippen LogP) is 3.62. The van der Waals surface area contributed by atoms with Gasteiger partial charge in [0.25, 0.3) is 0 Å². The van der Waals surface area contributed by atoms with Crippen molar-refractivity contribution in [1.29, 1.82) is 0 Å². The van der Waals surface area contributed by atoms with Crippen LogP contribution in [-0.2, 0) is 7.05 Å². The number of halogens is 3. The summed E-state index contributed by atoms with van der Waals surface area (Å²) < 4.78 is 39.0. The number of aromatic hydroxyl groups is 1. The van der Waals surface area contributed by atoms with Crippen LogP contribution in [0, 0.1) is 0 Å². The van der Waals surface area contributed by atoms with Gasteiger partial charge in [-0.05, 0) is 36.8 Å². The maximum atomic E-state index is 12.4. The van der Waals surface area contributed by atoms with E-state index in [4.69, 9.17) is 0 Å². The molecule has 2 N–H and O–H groups in total. The summed E-state index contributed by atoms with van der Waals surface area (Å²) in [4.78, 5) is 11.3. The van der Waals surface area contributed by atoms with Gasteiger partial charge in [-0.1, -0.05) is 0 Å². The summed E-state index contributed by atoms with van der Waals surface area (Å²) in [5.41, 5.74) is 3.28. The van der Waals surface area contributed by atoms with Gasteiger partial charge in [-0.15, -0.1) is 0 Å². The second-order valence-corrected chi connectivity index (χ2v) is 8.06. The molecule has 1 aliphatic rings. The molecule has 7 nitrogen and oxygen atoms in total. The Kier molecular flexibility index (Phi) is 4.89. The van der Waals surface area contributed by atoms with Gasteiger partial charge in [0.15, 0.2) is 0 Å². The number of phenolic OH excluding ortho intramolecular Hbond substituents is 1. The number of aryl methyl sites for hydroxylation is 1. The van der Waals surface area contributed by atoms with E-state index < -0.39 is 12.7 Å². The number of nitrogens with one attached hydrogen (secondary N) is 1. The maximum absolute atomic E-state index is 12.4. The molecule has 1 aromatic carbocycles. The van der Waals surface area contributed by atoms with Crippen LogP contribution in [0.3, 0.4) is 0 Å². The Labute approximate surface area is 181 Å². The van der Waals surface area contributed by atoms with Crippen LogP contribution in [0.1, 0.15) is 6.42 Å². The third-order valence-electron chi connectivity index (χ3n) is 5.64. The van der Waals surface area contributed by atoms with Gasteiger partial charge in [-0.3, -0.25) is 4.68 Å². The van der Waals surface area contributed by atoms with Crippen molar-refractivity contribution in [1.82, 2.24) is 25.1 Å². The molecule has 0 spiro atoms. The molecule has 1 aliphatic heterocycles. The SMILES string of the molecule is Cn1cc2cc(-c3ccc4nc(N5CCC(NCC(F)(F)F)C5)ccc4n3)c(O)cc2n1. The molecule has 166 valence electrons. The fourth-order valence-electron chi connectivity index (χ4n) is 4.11. The van der Waals surface area contributed by atoms with E-state index in [0.717, 1.165) is 5.39 Å². The van der Waals surface area contributed by atoms with Crippen LogP contribution in [0.2, 0.25) is 0 Å². The van der Waals surface area contributed by atoms with Crippen molar-refractivity contribution in [3.63, 3.8) is 0 Å². The molecular weight excluding hydrogens is 421 g/mol. The van der Waals surface area contributed by atoms with Crippen LogP contribution in [0.15, 0.2) is 42.6 Å². The van der Waals surface area contributed by atoms with Gasteiger partial charge in [0.05, 0.1) is 28.8 Å². The van der Waals surface area contributed by atoms with Crippen molar-refractivity contribution in [2.75, 3.05) is 24.5 Å². The van der Waals surface area contributed by atoms with E-state index >= 15 is 0 Å². The molecule has 10 heteroatoms. The van der Waals surface area contributed by atoms with E-state index in [0.29, 0.717) is 53.1 Å². The van der Waals surface area contributed by atoms with Crippen molar-refractivity contribution in [3.05, 3.63) is 42.6 Å². The zero-order valence-corrected chi connectivity index (χ0v) is 17.3. The van der Waals surface area contributed by atoms with E-state index in [2.05, 4.69) is 20.4 Å². The summed E-state index contributed by atoms with van der Waals surface area (Å²) in [6.07, 6.45) is -1.71. The van der Waals surface area contributed by atoms with Crippen molar-refractivity contribution < 1.29 is 18.3 Å². The number of anilines is 1. The molecule has 4 heterocycles. The monoisotopic (exact) mass is 442 g/mol. The fourth-order valence-corrected chi connectivity index (χ4v) is 4.11. The molecule has 0 aliphatic carbocycles. The summed E-state index contributed by atoms with van der Waals surface area (Å²) in [6.45, 7) is 0.124. The summed E-state index contributed by atoms with van der Waals surface area (Å²) in [5, 5.41) is 18.2. The van der Waals surface area contributed by atoms with Crippen LogP contribution in [-0.4, -0.2) is 56.7 Å². The summed E-state index contributed by atoms with van der Waals surface area (Å²) in [6, 6.07) is 10.6. The quantitative estimate of drug-likeness (QED) is 0.503. The number of phenols is 1. The highest BCUT2D eigenvalue weighted by molar-refractivity contribution is 5.88. The zero-order valence-electron chi connectivity index (χ0n) is 17.3. The third kappa shape index (κ3) is 4.05. The number of fused-ring (bicyclic) bond motifs is 2. The standard InChI is InChI=1S/C22H21F3N6O/c1-30-10-13-8-15(20(32)9-19(13)29-30)16-2-3-18-17(27-16)4-5-21(28-18)31-7-6-14(11-31)26-12-22(23,24)25/h2-5,8-10,14,26,32H,6-7,11-12H2,1H3. The summed E-state index contributed by atoms with van der Waals surface area (Å²) >= 11 is 0. The molecule has 5 rings (SSSR count). The third-order valence-corrected chi connectivity index (χ3v) is 5.64. The van der Waals surface area contributed by atoms with Crippen LogP contribution in [0.4, 0.5) is 19.0 Å². The highest BCUT2D eigenvalue weighted by atomic mass is 19.4. The number of hydrogen-bond donors (Lipinski definition) is 2. The normalized spacial score (nSPS) is 17.0. The molecule has 3 aromatic heterocycles. The van der Waals surface area contributed by atoms with Crippen LogP contribution in [0.5, 0.6) is 5.75 Å². The number of pyridine rings is 2. The van der Waals surface area contributed by atoms with Gasteiger partial charge in [0.1, 0.15) is 11.6 Å². The fraction of sp³-hybridized carbons (Fsp3) is 0.318. The Morgan fingerprint density at radius 2 is 1.88 bits per heavy atom. The highest BCUT2D eigenvalue weighted by Gasteiger charge is 2.30. The second kappa shape index (κ2) is 7.63. The van der Waals surface area contributed by atoms with Crippen molar-refractivity contribution in [3.8, 4) is 17.0 Å². The molecule has 0 bridgehead atoms. The Balaban J connectivity index is 1.38. The predicted molar refractivity (Wildman–Crippen MR) is 116 cm³/mol. The number of hydrogen-bond acceptors (Lipinski definition) is 6. The number of nitrogens with zero attached hydrogens (tertiary/aromatic N) is 5. The molecule has 32 heavy (non-hydrogen) atoms. The van der Waals surface area contributed by atoms with Gasteiger partial charge >= 0.3 is 6.18 Å². The molecule has 1 saturated heterocycles. The minimum atomic E-state index is -4.21. The molecule has 1 unspecified atom stereocenters. The van der Waals surface area contributed by atoms with Gasteiger partial charge in [0, 0.05) is 49.4 Å². The number of benzene rings is 1. The zero-order chi connectivity index (χ0) is 22.5. The first kappa shape index (κ1) is 20.5. The van der Waals surface area contributed by atoms with E-state index in [1.54, 1.807) is 16.8 Å². The Morgan fingerprint density at radius 3 is 2.69 bits per heavy atom. The second-order valence-electron chi connectivity index (χ2n) is 8.06. The first-order valence-electron chi connectivity index (χ1n) is 10.2. The number of alkyl halides is 3. The average Bonchev–Trinajstić information content (AvgIpc) is 3.36. The highest BCUT2D eigenvalue weighted by Crippen LogP contribution is 2.33. The first-order chi connectivity index (χ1) is 15.2. The van der Waals surface area contributed by atoms with Crippen molar-refractivity contribution in [2.24, 2.45) is 7.05 Å². The summed E-state index contributed by atoms with van der Waals surface area (Å²) in [5.74, 6) is 0.810. The van der Waals surface area contributed by atoms with E-state index in [9.17, 15) is 18.3 Å². The Morgan fingerprint density at radius 1 is 1.09 bits per heavy atom. The van der Waals surface area contributed by atoms with E-state index in [1.807, 2.05) is 42.4 Å². The van der Waals surface area contributed by atoms with Crippen molar-refractivity contribution in [2.45, 2.75) is 18.6 Å². The van der Waals surface area contributed by atoms with Gasteiger partial charge in [0.2, 0.25) is 0 Å². The molecule has 4 aromatic rings. The van der Waals surface area contributed by atoms with Crippen LogP contribution in [0.25, 0.3) is 33.2 Å². The van der Waals surface area contributed by atoms with E-state index in [1.165, 1.54) is 0 Å². The van der Waals surface area contributed by atoms with Gasteiger partial charge in [-0.25, -0.2) is 9.97 Å². The number of rotatable bonds is 4. The molecule has 0 radical (unpaired) electrons. The minimum absolute atomic E-state index is 0.0992. The molecule has 1 fully saturated rings. The lowest BCUT2D eigenvalue weighted by atomic mass is 10.1. The molecule has 0 saturated carbocycles. The molecule has 0 amide bonds. The topological polar surface area (TPSA) is 79.1 Å². The average molecular weight is 442 g/mol. The number of aromatic nitrogens is 4. The van der Waals surface area contributed by atoms with E-state index in [-0.39, 0.29) is 11.8 Å². The maximum Gasteiger partial charge on any atom is 0.401 e.